The standard InChI is InChI=1S/C20H26N2O2/c1-5-22(18-9-7-6-8-10-18)20(23)21-11-12-24-19-14-16(3)15(2)13-17(19)4/h6-10,13-14H,5,11-12H2,1-4H3,(H,21,23). The lowest BCUT2D eigenvalue weighted by Gasteiger charge is -2.21. The monoisotopic (exact) mass is 326 g/mol. The summed E-state index contributed by atoms with van der Waals surface area (Å²) in [7, 11) is 0. The first-order valence-corrected chi connectivity index (χ1v) is 8.34. The number of hydrogen-bond donors (Lipinski definition) is 1. The van der Waals surface area contributed by atoms with E-state index >= 15 is 0 Å². The van der Waals surface area contributed by atoms with E-state index in [0.717, 1.165) is 17.0 Å². The van der Waals surface area contributed by atoms with Crippen molar-refractivity contribution in [3.05, 3.63) is 59.2 Å². The average molecular weight is 326 g/mol. The topological polar surface area (TPSA) is 41.6 Å². The fraction of sp³-hybridized carbons (Fsp3) is 0.350. The molecule has 2 rings (SSSR count). The molecule has 0 aliphatic carbocycles. The van der Waals surface area contributed by atoms with Crippen LogP contribution in [0.2, 0.25) is 0 Å². The minimum absolute atomic E-state index is 0.107. The van der Waals surface area contributed by atoms with Gasteiger partial charge < -0.3 is 10.1 Å². The maximum Gasteiger partial charge on any atom is 0.321 e. The number of anilines is 1. The van der Waals surface area contributed by atoms with E-state index in [2.05, 4.69) is 31.3 Å². The molecule has 0 radical (unpaired) electrons. The molecule has 0 saturated heterocycles. The highest BCUT2D eigenvalue weighted by Crippen LogP contribution is 2.22. The third-order valence-electron chi connectivity index (χ3n) is 4.06. The second-order valence-corrected chi connectivity index (χ2v) is 5.86. The summed E-state index contributed by atoms with van der Waals surface area (Å²) in [6.07, 6.45) is 0. The van der Waals surface area contributed by atoms with Gasteiger partial charge in [-0.1, -0.05) is 24.3 Å². The van der Waals surface area contributed by atoms with E-state index in [9.17, 15) is 4.79 Å². The van der Waals surface area contributed by atoms with Crippen LogP contribution in [-0.4, -0.2) is 25.7 Å². The van der Waals surface area contributed by atoms with Gasteiger partial charge in [-0.25, -0.2) is 4.79 Å². The molecule has 0 aromatic heterocycles. The van der Waals surface area contributed by atoms with E-state index in [1.165, 1.54) is 11.1 Å². The normalized spacial score (nSPS) is 10.3. The quantitative estimate of drug-likeness (QED) is 0.807. The van der Waals surface area contributed by atoms with Crippen LogP contribution in [0.3, 0.4) is 0 Å². The Morgan fingerprint density at radius 2 is 1.71 bits per heavy atom. The molecule has 0 unspecified atom stereocenters. The number of aryl methyl sites for hydroxylation is 3. The van der Waals surface area contributed by atoms with Crippen molar-refractivity contribution < 1.29 is 9.53 Å². The van der Waals surface area contributed by atoms with Crippen LogP contribution in [0.1, 0.15) is 23.6 Å². The van der Waals surface area contributed by atoms with Crippen molar-refractivity contribution in [2.45, 2.75) is 27.7 Å². The van der Waals surface area contributed by atoms with Gasteiger partial charge in [0.25, 0.3) is 0 Å². The highest BCUT2D eigenvalue weighted by atomic mass is 16.5. The molecule has 2 amide bonds. The number of para-hydroxylation sites is 1. The third kappa shape index (κ3) is 4.51. The average Bonchev–Trinajstić information content (AvgIpc) is 2.57. The molecule has 0 saturated carbocycles. The molecule has 128 valence electrons. The summed E-state index contributed by atoms with van der Waals surface area (Å²) < 4.78 is 5.81. The highest BCUT2D eigenvalue weighted by molar-refractivity contribution is 5.91. The van der Waals surface area contributed by atoms with Gasteiger partial charge >= 0.3 is 6.03 Å². The van der Waals surface area contributed by atoms with E-state index in [4.69, 9.17) is 4.74 Å². The Hall–Kier alpha value is -2.49. The van der Waals surface area contributed by atoms with Crippen LogP contribution in [0.25, 0.3) is 0 Å². The zero-order chi connectivity index (χ0) is 17.5. The third-order valence-corrected chi connectivity index (χ3v) is 4.06. The van der Waals surface area contributed by atoms with Gasteiger partial charge in [0.15, 0.2) is 0 Å². The number of amides is 2. The second kappa shape index (κ2) is 8.39. The number of carbonyl (C=O) groups is 1. The van der Waals surface area contributed by atoms with Crippen LogP contribution in [-0.2, 0) is 0 Å². The largest absolute Gasteiger partial charge is 0.491 e. The molecule has 2 aromatic carbocycles. The lowest BCUT2D eigenvalue weighted by molar-refractivity contribution is 0.242. The molecule has 4 nitrogen and oxygen atoms in total. The second-order valence-electron chi connectivity index (χ2n) is 5.86. The van der Waals surface area contributed by atoms with Crippen molar-refractivity contribution in [3.8, 4) is 5.75 Å². The van der Waals surface area contributed by atoms with Crippen LogP contribution < -0.4 is 15.0 Å². The number of nitrogens with zero attached hydrogens (tertiary/aromatic N) is 1. The van der Waals surface area contributed by atoms with Gasteiger partial charge in [-0.05, 0) is 62.6 Å². The zero-order valence-electron chi connectivity index (χ0n) is 14.9. The molecule has 0 aliphatic heterocycles. The van der Waals surface area contributed by atoms with Crippen LogP contribution in [0.4, 0.5) is 10.5 Å². The Bertz CT molecular complexity index is 684. The number of carbonyl (C=O) groups excluding carboxylic acids is 1. The Kier molecular flexibility index (Phi) is 6.24. The van der Waals surface area contributed by atoms with Gasteiger partial charge in [0.05, 0.1) is 6.54 Å². The fourth-order valence-electron chi connectivity index (χ4n) is 2.56. The summed E-state index contributed by atoms with van der Waals surface area (Å²) in [5.41, 5.74) is 4.47. The summed E-state index contributed by atoms with van der Waals surface area (Å²) in [5.74, 6) is 0.878. The first-order valence-electron chi connectivity index (χ1n) is 8.34. The minimum atomic E-state index is -0.107. The molecule has 1 N–H and O–H groups in total. The van der Waals surface area contributed by atoms with E-state index in [0.29, 0.717) is 19.7 Å². The first kappa shape index (κ1) is 17.9. The first-order chi connectivity index (χ1) is 11.5. The Morgan fingerprint density at radius 1 is 1.04 bits per heavy atom. The molecular formula is C20H26N2O2. The van der Waals surface area contributed by atoms with E-state index < -0.39 is 0 Å². The van der Waals surface area contributed by atoms with Gasteiger partial charge in [0.2, 0.25) is 0 Å². The zero-order valence-corrected chi connectivity index (χ0v) is 14.9. The molecule has 0 bridgehead atoms. The molecule has 0 spiro atoms. The smallest absolute Gasteiger partial charge is 0.321 e. The number of urea groups is 1. The van der Waals surface area contributed by atoms with Crippen molar-refractivity contribution in [2.75, 3.05) is 24.6 Å². The van der Waals surface area contributed by atoms with Gasteiger partial charge in [-0.2, -0.15) is 0 Å². The van der Waals surface area contributed by atoms with Gasteiger partial charge in [-0.15, -0.1) is 0 Å². The Labute approximate surface area is 144 Å². The minimum Gasteiger partial charge on any atom is -0.491 e. The van der Waals surface area contributed by atoms with E-state index in [-0.39, 0.29) is 6.03 Å². The van der Waals surface area contributed by atoms with E-state index in [1.54, 1.807) is 4.90 Å². The van der Waals surface area contributed by atoms with Crippen LogP contribution >= 0.6 is 0 Å². The van der Waals surface area contributed by atoms with Gasteiger partial charge in [-0.3, -0.25) is 4.90 Å². The highest BCUT2D eigenvalue weighted by Gasteiger charge is 2.12. The predicted molar refractivity (Wildman–Crippen MR) is 99.0 cm³/mol. The molecule has 0 fully saturated rings. The number of nitrogens with one attached hydrogen (secondary N) is 1. The maximum atomic E-state index is 12.3. The Morgan fingerprint density at radius 3 is 2.38 bits per heavy atom. The molecule has 2 aromatic rings. The van der Waals surface area contributed by atoms with E-state index in [1.807, 2.05) is 44.2 Å². The molecule has 24 heavy (non-hydrogen) atoms. The molecule has 0 atom stereocenters. The fourth-order valence-corrected chi connectivity index (χ4v) is 2.56. The number of hydrogen-bond acceptors (Lipinski definition) is 2. The SMILES string of the molecule is CCN(C(=O)NCCOc1cc(C)c(C)cc1C)c1ccccc1. The molecule has 0 heterocycles. The van der Waals surface area contributed by atoms with Crippen molar-refractivity contribution in [1.29, 1.82) is 0 Å². The summed E-state index contributed by atoms with van der Waals surface area (Å²) in [4.78, 5) is 14.0. The summed E-state index contributed by atoms with van der Waals surface area (Å²) in [6.45, 7) is 9.69. The predicted octanol–water partition coefficient (Wildman–Crippen LogP) is 4.23. The van der Waals surface area contributed by atoms with Crippen molar-refractivity contribution >= 4 is 11.7 Å². The number of rotatable bonds is 6. The summed E-state index contributed by atoms with van der Waals surface area (Å²) >= 11 is 0. The molecule has 4 heteroatoms. The van der Waals surface area contributed by atoms with Crippen molar-refractivity contribution in [3.63, 3.8) is 0 Å². The molecule has 0 aliphatic rings. The van der Waals surface area contributed by atoms with Crippen molar-refractivity contribution in [1.82, 2.24) is 5.32 Å². The van der Waals surface area contributed by atoms with Crippen LogP contribution in [0.5, 0.6) is 5.75 Å². The van der Waals surface area contributed by atoms with Crippen molar-refractivity contribution in [2.24, 2.45) is 0 Å². The van der Waals surface area contributed by atoms with Gasteiger partial charge in [0, 0.05) is 12.2 Å². The molecular weight excluding hydrogens is 300 g/mol. The summed E-state index contributed by atoms with van der Waals surface area (Å²) in [5, 5.41) is 2.91. The maximum absolute atomic E-state index is 12.3. The number of benzene rings is 2. The summed E-state index contributed by atoms with van der Waals surface area (Å²) in [6, 6.07) is 13.7. The van der Waals surface area contributed by atoms with Crippen LogP contribution in [0.15, 0.2) is 42.5 Å². The lowest BCUT2D eigenvalue weighted by Crippen LogP contribution is -2.41. The lowest BCUT2D eigenvalue weighted by atomic mass is 10.1. The van der Waals surface area contributed by atoms with Gasteiger partial charge in [0.1, 0.15) is 12.4 Å². The number of ether oxygens (including phenoxy) is 1. The van der Waals surface area contributed by atoms with Crippen LogP contribution in [0, 0.1) is 20.8 Å². The Balaban J connectivity index is 1.85.